The molecule has 0 saturated heterocycles. The molecule has 1 aliphatic heterocycles. The standard InChI is InChI=1S/C24H24FNO2/c1-14(2)22-21(24(27)28)20(16-10-12-17(25)13-11-16)19-9-5-7-15-6-3-4-8-18(15)23(19)26-22/h3-4,6,8,10-14,23,26H,5,7,9H2,1-2H3,(H,27,28). The van der Waals surface area contributed by atoms with Gasteiger partial charge in [0.15, 0.2) is 0 Å². The second-order valence-electron chi connectivity index (χ2n) is 7.79. The Morgan fingerprint density at radius 3 is 2.50 bits per heavy atom. The van der Waals surface area contributed by atoms with E-state index in [1.165, 1.54) is 23.3 Å². The number of benzene rings is 2. The van der Waals surface area contributed by atoms with Crippen molar-refractivity contribution in [1.82, 2.24) is 5.32 Å². The molecule has 2 N–H and O–H groups in total. The summed E-state index contributed by atoms with van der Waals surface area (Å²) in [5.74, 6) is -1.24. The molecule has 2 aromatic rings. The van der Waals surface area contributed by atoms with Gasteiger partial charge in [-0.25, -0.2) is 9.18 Å². The van der Waals surface area contributed by atoms with Crippen LogP contribution in [0.4, 0.5) is 4.39 Å². The highest BCUT2D eigenvalue weighted by molar-refractivity contribution is 6.07. The Morgan fingerprint density at radius 2 is 1.82 bits per heavy atom. The molecule has 1 atom stereocenters. The van der Waals surface area contributed by atoms with Crippen molar-refractivity contribution in [2.24, 2.45) is 5.92 Å². The van der Waals surface area contributed by atoms with Gasteiger partial charge < -0.3 is 10.4 Å². The lowest BCUT2D eigenvalue weighted by molar-refractivity contribution is -0.132. The van der Waals surface area contributed by atoms with Crippen molar-refractivity contribution in [2.45, 2.75) is 39.2 Å². The normalized spacial score (nSPS) is 19.1. The van der Waals surface area contributed by atoms with Gasteiger partial charge in [0, 0.05) is 5.70 Å². The van der Waals surface area contributed by atoms with E-state index in [9.17, 15) is 14.3 Å². The molecule has 144 valence electrons. The van der Waals surface area contributed by atoms with Crippen LogP contribution in [0.15, 0.2) is 65.4 Å². The first-order valence-electron chi connectivity index (χ1n) is 9.78. The second-order valence-corrected chi connectivity index (χ2v) is 7.79. The number of allylic oxidation sites excluding steroid dienone is 1. The highest BCUT2D eigenvalue weighted by Crippen LogP contribution is 2.45. The summed E-state index contributed by atoms with van der Waals surface area (Å²) in [6.45, 7) is 4.00. The molecule has 0 bridgehead atoms. The summed E-state index contributed by atoms with van der Waals surface area (Å²) in [6, 6.07) is 14.5. The monoisotopic (exact) mass is 377 g/mol. The number of halogens is 1. The molecule has 1 heterocycles. The van der Waals surface area contributed by atoms with Gasteiger partial charge in [-0.2, -0.15) is 0 Å². The summed E-state index contributed by atoms with van der Waals surface area (Å²) < 4.78 is 13.6. The first-order chi connectivity index (χ1) is 13.5. The van der Waals surface area contributed by atoms with Crippen LogP contribution in [0.25, 0.3) is 5.57 Å². The number of hydrogen-bond donors (Lipinski definition) is 2. The lowest BCUT2D eigenvalue weighted by Crippen LogP contribution is -2.33. The number of aryl methyl sites for hydroxylation is 1. The van der Waals surface area contributed by atoms with Crippen LogP contribution in [-0.4, -0.2) is 11.1 Å². The average Bonchev–Trinajstić information content (AvgIpc) is 2.86. The maximum Gasteiger partial charge on any atom is 0.338 e. The molecule has 4 rings (SSSR count). The maximum atomic E-state index is 13.6. The Bertz CT molecular complexity index is 986. The predicted molar refractivity (Wildman–Crippen MR) is 108 cm³/mol. The molecule has 0 amide bonds. The molecule has 0 aromatic heterocycles. The number of fused-ring (bicyclic) bond motifs is 3. The van der Waals surface area contributed by atoms with Gasteiger partial charge in [0.25, 0.3) is 0 Å². The molecule has 1 unspecified atom stereocenters. The van der Waals surface area contributed by atoms with Crippen LogP contribution < -0.4 is 5.32 Å². The van der Waals surface area contributed by atoms with Crippen molar-refractivity contribution in [2.75, 3.05) is 0 Å². The van der Waals surface area contributed by atoms with Gasteiger partial charge in [0.05, 0.1) is 11.6 Å². The zero-order chi connectivity index (χ0) is 19.8. The number of carbonyl (C=O) groups is 1. The fourth-order valence-electron chi connectivity index (χ4n) is 4.43. The van der Waals surface area contributed by atoms with E-state index in [-0.39, 0.29) is 17.8 Å². The summed E-state index contributed by atoms with van der Waals surface area (Å²) >= 11 is 0. The minimum Gasteiger partial charge on any atom is -0.478 e. The molecular weight excluding hydrogens is 353 g/mol. The number of hydrogen-bond acceptors (Lipinski definition) is 2. The van der Waals surface area contributed by atoms with E-state index < -0.39 is 5.97 Å². The van der Waals surface area contributed by atoms with Gasteiger partial charge in [0.1, 0.15) is 5.82 Å². The van der Waals surface area contributed by atoms with Crippen LogP contribution in [0, 0.1) is 11.7 Å². The van der Waals surface area contributed by atoms with Crippen molar-refractivity contribution in [3.8, 4) is 0 Å². The number of nitrogens with one attached hydrogen (secondary N) is 1. The number of dihydropyridines is 1. The fraction of sp³-hybridized carbons (Fsp3) is 0.292. The third-order valence-corrected chi connectivity index (χ3v) is 5.67. The van der Waals surface area contributed by atoms with Crippen molar-refractivity contribution in [3.05, 3.63) is 87.9 Å². The summed E-state index contributed by atoms with van der Waals surface area (Å²) in [6.07, 6.45) is 2.73. The molecule has 1 aliphatic carbocycles. The topological polar surface area (TPSA) is 49.3 Å². The van der Waals surface area contributed by atoms with E-state index in [2.05, 4.69) is 23.5 Å². The van der Waals surface area contributed by atoms with Crippen LogP contribution in [0.3, 0.4) is 0 Å². The number of rotatable bonds is 3. The van der Waals surface area contributed by atoms with E-state index in [0.29, 0.717) is 5.57 Å². The van der Waals surface area contributed by atoms with Crippen molar-refractivity contribution < 1.29 is 14.3 Å². The highest BCUT2D eigenvalue weighted by atomic mass is 19.1. The van der Waals surface area contributed by atoms with Crippen molar-refractivity contribution >= 4 is 11.5 Å². The van der Waals surface area contributed by atoms with Gasteiger partial charge >= 0.3 is 5.97 Å². The molecule has 3 nitrogen and oxygen atoms in total. The maximum absolute atomic E-state index is 13.6. The molecule has 0 saturated carbocycles. The largest absolute Gasteiger partial charge is 0.478 e. The summed E-state index contributed by atoms with van der Waals surface area (Å²) in [5.41, 5.74) is 6.14. The van der Waals surface area contributed by atoms with Gasteiger partial charge in [-0.3, -0.25) is 0 Å². The lowest BCUT2D eigenvalue weighted by Gasteiger charge is -2.35. The molecular formula is C24H24FNO2. The zero-order valence-electron chi connectivity index (χ0n) is 16.1. The van der Waals surface area contributed by atoms with Crippen LogP contribution in [0.2, 0.25) is 0 Å². The van der Waals surface area contributed by atoms with E-state index >= 15 is 0 Å². The molecule has 0 radical (unpaired) electrons. The molecule has 2 aliphatic rings. The van der Waals surface area contributed by atoms with Gasteiger partial charge in [0.2, 0.25) is 0 Å². The second kappa shape index (κ2) is 7.27. The van der Waals surface area contributed by atoms with Gasteiger partial charge in [-0.1, -0.05) is 50.2 Å². The Labute approximate surface area is 164 Å². The van der Waals surface area contributed by atoms with E-state index in [1.807, 2.05) is 19.9 Å². The van der Waals surface area contributed by atoms with Crippen LogP contribution in [-0.2, 0) is 11.2 Å². The number of carboxylic acid groups (broad SMARTS) is 1. The fourth-order valence-corrected chi connectivity index (χ4v) is 4.43. The third kappa shape index (κ3) is 3.13. The molecule has 0 fully saturated rings. The lowest BCUT2D eigenvalue weighted by atomic mass is 9.80. The molecule has 4 heteroatoms. The summed E-state index contributed by atoms with van der Waals surface area (Å²) in [5, 5.41) is 13.7. The van der Waals surface area contributed by atoms with Gasteiger partial charge in [-0.15, -0.1) is 0 Å². The predicted octanol–water partition coefficient (Wildman–Crippen LogP) is 5.25. The van der Waals surface area contributed by atoms with Crippen molar-refractivity contribution in [3.63, 3.8) is 0 Å². The van der Waals surface area contributed by atoms with Crippen LogP contribution in [0.5, 0.6) is 0 Å². The minimum atomic E-state index is -0.945. The first kappa shape index (κ1) is 18.5. The number of carboxylic acids is 1. The summed E-state index contributed by atoms with van der Waals surface area (Å²) in [4.78, 5) is 12.3. The Morgan fingerprint density at radius 1 is 1.11 bits per heavy atom. The molecule has 28 heavy (non-hydrogen) atoms. The summed E-state index contributed by atoms with van der Waals surface area (Å²) in [7, 11) is 0. The SMILES string of the molecule is CC(C)C1=C(C(=O)O)C(c2ccc(F)cc2)=C2CCCc3ccccc3C2N1. The molecule has 0 spiro atoms. The van der Waals surface area contributed by atoms with E-state index in [4.69, 9.17) is 0 Å². The van der Waals surface area contributed by atoms with E-state index in [1.54, 1.807) is 12.1 Å². The third-order valence-electron chi connectivity index (χ3n) is 5.67. The van der Waals surface area contributed by atoms with Gasteiger partial charge in [-0.05, 0) is 65.1 Å². The molecule has 2 aromatic carbocycles. The van der Waals surface area contributed by atoms with Crippen LogP contribution >= 0.6 is 0 Å². The first-order valence-corrected chi connectivity index (χ1v) is 9.78. The Balaban J connectivity index is 2.01. The minimum absolute atomic E-state index is 0.0264. The number of aliphatic carboxylic acids is 1. The highest BCUT2D eigenvalue weighted by Gasteiger charge is 2.36. The average molecular weight is 377 g/mol. The quantitative estimate of drug-likeness (QED) is 0.768. The van der Waals surface area contributed by atoms with Crippen LogP contribution in [0.1, 0.15) is 49.4 Å². The Kier molecular flexibility index (Phi) is 4.80. The Hall–Kier alpha value is -2.88. The zero-order valence-corrected chi connectivity index (χ0v) is 16.1. The van der Waals surface area contributed by atoms with Crippen molar-refractivity contribution in [1.29, 1.82) is 0 Å². The smallest absolute Gasteiger partial charge is 0.338 e. The van der Waals surface area contributed by atoms with E-state index in [0.717, 1.165) is 41.7 Å².